The third kappa shape index (κ3) is 4.72. The fourth-order valence-electron chi connectivity index (χ4n) is 6.63. The molecule has 6 heteroatoms. The zero-order valence-corrected chi connectivity index (χ0v) is 25.4. The van der Waals surface area contributed by atoms with Crippen molar-refractivity contribution in [3.63, 3.8) is 0 Å². The third-order valence-electron chi connectivity index (χ3n) is 8.00. The molecule has 34 heavy (non-hydrogen) atoms. The largest absolute Gasteiger partial charge is 0.542 e. The Morgan fingerprint density at radius 1 is 0.500 bits per heavy atom. The first kappa shape index (κ1) is 28.6. The topological polar surface area (TPSA) is 52.6 Å². The highest BCUT2D eigenvalue weighted by Gasteiger charge is 2.49. The van der Waals surface area contributed by atoms with Crippen LogP contribution in [-0.4, -0.2) is 28.2 Å². The Morgan fingerprint density at radius 2 is 0.735 bits per heavy atom. The molecule has 0 amide bonds. The lowest BCUT2D eigenvalue weighted by molar-refractivity contribution is 0.0990. The summed E-state index contributed by atoms with van der Waals surface area (Å²) in [5.41, 5.74) is 2.88. The van der Waals surface area contributed by atoms with Crippen LogP contribution in [0.25, 0.3) is 0 Å². The molecule has 0 atom stereocenters. The number of carbonyl (C=O) groups is 2. The van der Waals surface area contributed by atoms with Gasteiger partial charge in [0.15, 0.2) is 11.6 Å². The summed E-state index contributed by atoms with van der Waals surface area (Å²) in [6.45, 7) is 26.6. The fraction of sp³-hybridized carbons (Fsp3) is 0.643. The molecule has 0 fully saturated rings. The lowest BCUT2D eigenvalue weighted by atomic mass is 9.93. The van der Waals surface area contributed by atoms with Gasteiger partial charge in [0.05, 0.1) is 11.1 Å². The maximum atomic E-state index is 13.2. The molecule has 0 saturated carbocycles. The molecule has 0 unspecified atom stereocenters. The Morgan fingerprint density at radius 3 is 0.941 bits per heavy atom. The van der Waals surface area contributed by atoms with E-state index in [1.54, 1.807) is 0 Å². The van der Waals surface area contributed by atoms with E-state index in [0.717, 1.165) is 0 Å². The molecule has 0 bridgehead atoms. The molecule has 1 aromatic rings. The molecule has 0 aromatic heterocycles. The van der Waals surface area contributed by atoms with Crippen LogP contribution in [0, 0.1) is 0 Å². The first-order valence-corrected chi connectivity index (χ1v) is 17.2. The standard InChI is InChI=1S/C28H46O4Si2/c1-17(2)33(18(3)4,19(5)6)31-25-15-16-26(28-24(30)14-13-23(29)27(25)28)32-34(20(7)8,21(9)10)22(11)12/h13-22H,1-12H3. The van der Waals surface area contributed by atoms with Crippen LogP contribution < -0.4 is 8.85 Å². The van der Waals surface area contributed by atoms with Gasteiger partial charge in [0.2, 0.25) is 0 Å². The van der Waals surface area contributed by atoms with Crippen molar-refractivity contribution in [2.75, 3.05) is 0 Å². The van der Waals surface area contributed by atoms with E-state index in [1.807, 2.05) is 12.1 Å². The van der Waals surface area contributed by atoms with E-state index < -0.39 is 16.6 Å². The Kier molecular flexibility index (Phi) is 8.85. The number of rotatable bonds is 10. The number of hydrogen-bond acceptors (Lipinski definition) is 4. The van der Waals surface area contributed by atoms with Crippen LogP contribution in [0.1, 0.15) is 104 Å². The summed E-state index contributed by atoms with van der Waals surface area (Å²) in [5.74, 6) is 0.720. The molecular formula is C28H46O4Si2. The lowest BCUT2D eigenvalue weighted by Gasteiger charge is -2.44. The zero-order chi connectivity index (χ0) is 26.2. The van der Waals surface area contributed by atoms with Gasteiger partial charge in [-0.05, 0) is 57.5 Å². The van der Waals surface area contributed by atoms with Crippen LogP contribution in [0.5, 0.6) is 11.5 Å². The van der Waals surface area contributed by atoms with Crippen molar-refractivity contribution < 1.29 is 18.4 Å². The number of fused-ring (bicyclic) bond motifs is 1. The molecule has 0 radical (unpaired) electrons. The highest BCUT2D eigenvalue weighted by atomic mass is 28.4. The van der Waals surface area contributed by atoms with E-state index in [-0.39, 0.29) is 11.6 Å². The quantitative estimate of drug-likeness (QED) is 0.300. The van der Waals surface area contributed by atoms with Crippen molar-refractivity contribution in [3.8, 4) is 11.5 Å². The Labute approximate surface area is 209 Å². The summed E-state index contributed by atoms with van der Waals surface area (Å²) in [7, 11) is -4.63. The Bertz CT molecular complexity index is 823. The summed E-state index contributed by atoms with van der Waals surface area (Å²) in [6, 6.07) is 3.76. The summed E-state index contributed by atoms with van der Waals surface area (Å²) in [6.07, 6.45) is 2.76. The van der Waals surface area contributed by atoms with Crippen LogP contribution in [0.3, 0.4) is 0 Å². The highest BCUT2D eigenvalue weighted by molar-refractivity contribution is 6.79. The molecule has 0 saturated heterocycles. The van der Waals surface area contributed by atoms with Gasteiger partial charge < -0.3 is 8.85 Å². The zero-order valence-electron chi connectivity index (χ0n) is 23.4. The van der Waals surface area contributed by atoms with Crippen LogP contribution in [0.2, 0.25) is 33.2 Å². The minimum absolute atomic E-state index is 0.180. The van der Waals surface area contributed by atoms with Gasteiger partial charge in [-0.25, -0.2) is 0 Å². The first-order chi connectivity index (χ1) is 15.6. The molecule has 2 rings (SSSR count). The molecule has 1 aromatic carbocycles. The lowest BCUT2D eigenvalue weighted by Crippen LogP contribution is -2.51. The van der Waals surface area contributed by atoms with Gasteiger partial charge in [-0.15, -0.1) is 0 Å². The molecule has 1 aliphatic carbocycles. The van der Waals surface area contributed by atoms with Crippen LogP contribution in [0.4, 0.5) is 0 Å². The first-order valence-electron chi connectivity index (χ1n) is 13.0. The molecule has 190 valence electrons. The van der Waals surface area contributed by atoms with Crippen molar-refractivity contribution in [2.45, 2.75) is 116 Å². The number of allylic oxidation sites excluding steroid dienone is 2. The van der Waals surface area contributed by atoms with Gasteiger partial charge in [-0.1, -0.05) is 83.1 Å². The van der Waals surface area contributed by atoms with Gasteiger partial charge in [0, 0.05) is 0 Å². The number of hydrogen-bond donors (Lipinski definition) is 0. The maximum Gasteiger partial charge on any atom is 0.258 e. The predicted octanol–water partition coefficient (Wildman–Crippen LogP) is 8.73. The van der Waals surface area contributed by atoms with Gasteiger partial charge in [-0.2, -0.15) is 0 Å². The molecule has 1 aliphatic rings. The van der Waals surface area contributed by atoms with Gasteiger partial charge in [0.1, 0.15) is 11.5 Å². The van der Waals surface area contributed by atoms with Crippen molar-refractivity contribution in [1.82, 2.24) is 0 Å². The van der Waals surface area contributed by atoms with Crippen molar-refractivity contribution >= 4 is 28.2 Å². The van der Waals surface area contributed by atoms with E-state index in [9.17, 15) is 9.59 Å². The van der Waals surface area contributed by atoms with Crippen LogP contribution in [-0.2, 0) is 0 Å². The maximum absolute atomic E-state index is 13.2. The van der Waals surface area contributed by atoms with Crippen molar-refractivity contribution in [1.29, 1.82) is 0 Å². The number of ketones is 2. The fourth-order valence-corrected chi connectivity index (χ4v) is 17.1. The molecular weight excluding hydrogens is 456 g/mol. The monoisotopic (exact) mass is 502 g/mol. The molecule has 4 nitrogen and oxygen atoms in total. The number of benzene rings is 1. The average Bonchev–Trinajstić information content (AvgIpc) is 2.71. The third-order valence-corrected chi connectivity index (χ3v) is 20.0. The van der Waals surface area contributed by atoms with E-state index in [1.165, 1.54) is 12.2 Å². The summed E-state index contributed by atoms with van der Waals surface area (Å²) >= 11 is 0. The minimum Gasteiger partial charge on any atom is -0.542 e. The normalized spacial score (nSPS) is 14.9. The summed E-state index contributed by atoms with van der Waals surface area (Å²) < 4.78 is 13.8. The number of carbonyl (C=O) groups excluding carboxylic acids is 2. The van der Waals surface area contributed by atoms with Crippen LogP contribution >= 0.6 is 0 Å². The molecule has 0 aliphatic heterocycles. The van der Waals surface area contributed by atoms with Gasteiger partial charge in [0.25, 0.3) is 16.6 Å². The second kappa shape index (κ2) is 10.5. The van der Waals surface area contributed by atoms with Crippen LogP contribution in [0.15, 0.2) is 24.3 Å². The van der Waals surface area contributed by atoms with E-state index in [0.29, 0.717) is 55.9 Å². The molecule has 0 spiro atoms. The second-order valence-electron chi connectivity index (χ2n) is 11.7. The van der Waals surface area contributed by atoms with Crippen molar-refractivity contribution in [3.05, 3.63) is 35.4 Å². The van der Waals surface area contributed by atoms with E-state index >= 15 is 0 Å². The van der Waals surface area contributed by atoms with Gasteiger partial charge >= 0.3 is 0 Å². The summed E-state index contributed by atoms with van der Waals surface area (Å²) in [4.78, 5) is 26.4. The average molecular weight is 503 g/mol. The van der Waals surface area contributed by atoms with Crippen molar-refractivity contribution in [2.24, 2.45) is 0 Å². The van der Waals surface area contributed by atoms with Gasteiger partial charge in [-0.3, -0.25) is 9.59 Å². The molecule has 0 heterocycles. The summed E-state index contributed by atoms with van der Waals surface area (Å²) in [5, 5.41) is 0. The SMILES string of the molecule is CC(C)[Si](Oc1ccc(O[Si](C(C)C)(C(C)C)C(C)C)c2c1C(=O)C=CC2=O)(C(C)C)C(C)C. The highest BCUT2D eigenvalue weighted by Crippen LogP contribution is 2.47. The smallest absolute Gasteiger partial charge is 0.258 e. The Balaban J connectivity index is 2.77. The minimum atomic E-state index is -2.32. The molecule has 0 N–H and O–H groups in total. The van der Waals surface area contributed by atoms with E-state index in [4.69, 9.17) is 8.85 Å². The predicted molar refractivity (Wildman–Crippen MR) is 148 cm³/mol. The second-order valence-corrected chi connectivity index (χ2v) is 22.5. The Hall–Kier alpha value is -1.67. The van der Waals surface area contributed by atoms with E-state index in [2.05, 4.69) is 83.1 Å².